The summed E-state index contributed by atoms with van der Waals surface area (Å²) in [5.74, 6) is -4.48. The van der Waals surface area contributed by atoms with E-state index in [0.29, 0.717) is 74.3 Å². The predicted octanol–water partition coefficient (Wildman–Crippen LogP) is 3.63. The number of hydrogen-bond acceptors (Lipinski definition) is 14. The third-order valence-electron chi connectivity index (χ3n) is 16.6. The van der Waals surface area contributed by atoms with E-state index >= 15 is 4.39 Å². The second-order valence-corrected chi connectivity index (χ2v) is 21.9. The van der Waals surface area contributed by atoms with E-state index in [1.807, 2.05) is 25.1 Å². The van der Waals surface area contributed by atoms with E-state index in [0.717, 1.165) is 11.1 Å². The third kappa shape index (κ3) is 12.2. The molecule has 0 aromatic heterocycles. The molecule has 1 heterocycles. The zero-order valence-corrected chi connectivity index (χ0v) is 45.9. The minimum Gasteiger partial charge on any atom is -0.392 e. The van der Waals surface area contributed by atoms with Gasteiger partial charge in [-0.05, 0) is 107 Å². The number of benzene rings is 2. The van der Waals surface area contributed by atoms with E-state index < -0.39 is 113 Å². The van der Waals surface area contributed by atoms with Crippen molar-refractivity contribution in [1.29, 1.82) is 0 Å². The number of allylic oxidation sites excluding steroid dienone is 4. The van der Waals surface area contributed by atoms with Crippen LogP contribution in [0.15, 0.2) is 66.3 Å². The highest BCUT2D eigenvalue weighted by Gasteiger charge is 2.79. The first kappa shape index (κ1) is 59.4. The number of fused-ring (bicyclic) bond motifs is 7. The lowest BCUT2D eigenvalue weighted by molar-refractivity contribution is -0.231. The summed E-state index contributed by atoms with van der Waals surface area (Å²) in [6.07, 6.45) is 3.64. The van der Waals surface area contributed by atoms with Gasteiger partial charge in [0.1, 0.15) is 24.7 Å². The summed E-state index contributed by atoms with van der Waals surface area (Å²) in [6.45, 7) is 6.64. The Labute approximate surface area is 456 Å². The Morgan fingerprint density at radius 3 is 2.38 bits per heavy atom. The molecule has 2 aromatic rings. The maximum Gasteiger partial charge on any atom is 0.246 e. The fraction of sp³-hybridized carbons (Fsp3) is 0.589. The summed E-state index contributed by atoms with van der Waals surface area (Å²) in [4.78, 5) is 91.0. The molecule has 5 aliphatic rings. The molecule has 0 radical (unpaired) electrons. The number of halogens is 2. The Morgan fingerprint density at radius 2 is 1.65 bits per heavy atom. The van der Waals surface area contributed by atoms with Gasteiger partial charge < -0.3 is 60.9 Å². The van der Waals surface area contributed by atoms with E-state index in [1.54, 1.807) is 44.4 Å². The molecule has 3 saturated carbocycles. The van der Waals surface area contributed by atoms with Crippen molar-refractivity contribution in [1.82, 2.24) is 21.3 Å². The Hall–Kier alpha value is -5.26. The average molecular weight is 1140 g/mol. The number of rotatable bonds is 25. The molecule has 7 rings (SSSR count). The number of Topliss-reactive ketones (excluding diaryl/α,β-unsaturated/α-hetero) is 1. The molecule has 21 heteroatoms. The molecule has 12 atom stereocenters. The highest BCUT2D eigenvalue weighted by atomic mass is 79.9. The molecule has 1 aliphatic heterocycles. The van der Waals surface area contributed by atoms with Gasteiger partial charge in [-0.25, -0.2) is 4.39 Å². The number of aliphatic hydroxyl groups excluding tert-OH is 3. The van der Waals surface area contributed by atoms with Crippen LogP contribution in [0.3, 0.4) is 0 Å². The number of carbonyl (C=O) groups is 7. The van der Waals surface area contributed by atoms with Gasteiger partial charge in [0.05, 0.1) is 44.0 Å². The molecule has 0 unspecified atom stereocenters. The molecule has 4 fully saturated rings. The van der Waals surface area contributed by atoms with Crippen molar-refractivity contribution >= 4 is 62.7 Å². The number of anilines is 1. The minimum absolute atomic E-state index is 0.0518. The monoisotopic (exact) mass is 1140 g/mol. The number of hydrogen-bond donors (Lipinski definition) is 8. The summed E-state index contributed by atoms with van der Waals surface area (Å²) in [6, 6.07) is 9.34. The van der Waals surface area contributed by atoms with Crippen molar-refractivity contribution in [2.24, 2.45) is 22.7 Å². The maximum atomic E-state index is 17.9. The highest BCUT2D eigenvalue weighted by molar-refractivity contribution is 9.09. The zero-order valence-electron chi connectivity index (χ0n) is 44.3. The fourth-order valence-corrected chi connectivity index (χ4v) is 12.7. The lowest BCUT2D eigenvalue weighted by atomic mass is 9.44. The van der Waals surface area contributed by atoms with Crippen LogP contribution < -0.4 is 26.6 Å². The molecule has 77 heavy (non-hydrogen) atoms. The molecule has 0 bridgehead atoms. The summed E-state index contributed by atoms with van der Waals surface area (Å²) in [7, 11) is 1.56. The van der Waals surface area contributed by atoms with Crippen molar-refractivity contribution < 1.29 is 72.2 Å². The van der Waals surface area contributed by atoms with E-state index in [9.17, 15) is 48.9 Å². The molecule has 1 saturated heterocycles. The number of ether oxygens (including phenoxy) is 4. The summed E-state index contributed by atoms with van der Waals surface area (Å²) < 4.78 is 41.5. The van der Waals surface area contributed by atoms with Crippen LogP contribution >= 0.6 is 15.9 Å². The second kappa shape index (κ2) is 25.2. The Kier molecular flexibility index (Phi) is 19.5. The molecule has 420 valence electrons. The average Bonchev–Trinajstić information content (AvgIpc) is 4.18. The van der Waals surface area contributed by atoms with Gasteiger partial charge in [-0.1, -0.05) is 70.9 Å². The van der Waals surface area contributed by atoms with Crippen molar-refractivity contribution in [3.63, 3.8) is 0 Å². The summed E-state index contributed by atoms with van der Waals surface area (Å²) in [5, 5.41) is 46.0. The van der Waals surface area contributed by atoms with Crippen molar-refractivity contribution in [2.45, 2.75) is 140 Å². The van der Waals surface area contributed by atoms with Gasteiger partial charge in [0.2, 0.25) is 29.5 Å². The van der Waals surface area contributed by atoms with Crippen LogP contribution in [0.4, 0.5) is 10.1 Å². The quantitative estimate of drug-likeness (QED) is 0.0521. The Bertz CT molecular complexity index is 2620. The predicted molar refractivity (Wildman–Crippen MR) is 283 cm³/mol. The molecule has 4 aliphatic carbocycles. The molecule has 5 amide bonds. The minimum atomic E-state index is -2.13. The number of nitrogens with one attached hydrogen (secondary N) is 5. The molecule has 19 nitrogen and oxygen atoms in total. The smallest absolute Gasteiger partial charge is 0.246 e. The standard InChI is InChI=1S/C56H73BrFN5O14/c1-32(61-51(73)42(62-48(70)29-57)11-6-7-19-59-47(69)17-20-75-22-21-74-5)49(71)60-33(2)50(72)63-43-25-35(12-13-37(43)30-64)23-34-9-8-10-36(24-34)52-76-46-27-41-40-15-14-38-26-39(66)16-18-53(38,3)55(40,58)44(67)28-54(41,4)56(46,77-52)45(68)31-65/h8-10,12-13,16,18,24-26,32-33,40-42,44,46,52,64-65,67H,6-7,11,14-15,17,19-23,27-31H2,1-5H3,(H,59,69)(H,60,71)(H,61,73)(H,62,70)(H,63,72)/t32-,33-,40-,41-,42-,44-,46+,52+,53-,54-,55-,56+/m0/s1. The summed E-state index contributed by atoms with van der Waals surface area (Å²) in [5.41, 5.74) is -2.71. The van der Waals surface area contributed by atoms with Crippen molar-refractivity contribution in [3.8, 4) is 0 Å². The third-order valence-corrected chi connectivity index (χ3v) is 17.1. The van der Waals surface area contributed by atoms with Gasteiger partial charge in [0, 0.05) is 53.6 Å². The van der Waals surface area contributed by atoms with E-state index in [-0.39, 0.29) is 49.3 Å². The Balaban J connectivity index is 0.950. The SMILES string of the molecule is COCCOCCC(=O)NCCCC[C@H](NC(=O)CBr)C(=O)N[C@@H](C)C(=O)N[C@@H](C)C(=O)Nc1cc(Cc2cccc([C@@H]3O[C@@H]4C[C@H]5[C@@H]6CCC7=CC(=O)C=C[C@]7(C)[C@@]6(F)[C@@H](O)C[C@]5(C)[C@]4(C(=O)CO)O3)c2)ccc1CO. The lowest BCUT2D eigenvalue weighted by Crippen LogP contribution is -2.69. The number of unbranched alkanes of at least 4 members (excludes halogenated alkanes) is 1. The van der Waals surface area contributed by atoms with Crippen LogP contribution in [0, 0.1) is 22.7 Å². The highest BCUT2D eigenvalue weighted by Crippen LogP contribution is 2.72. The van der Waals surface area contributed by atoms with Gasteiger partial charge >= 0.3 is 0 Å². The lowest BCUT2D eigenvalue weighted by Gasteiger charge is -2.62. The number of alkyl halides is 2. The number of amides is 5. The van der Waals surface area contributed by atoms with Crippen LogP contribution in [0.1, 0.15) is 108 Å². The first-order chi connectivity index (χ1) is 36.7. The van der Waals surface area contributed by atoms with E-state index in [1.165, 1.54) is 26.0 Å². The fourth-order valence-electron chi connectivity index (χ4n) is 12.5. The van der Waals surface area contributed by atoms with Gasteiger partial charge in [-0.3, -0.25) is 33.6 Å². The largest absolute Gasteiger partial charge is 0.392 e. The Morgan fingerprint density at radius 1 is 0.909 bits per heavy atom. The zero-order chi connectivity index (χ0) is 55.9. The van der Waals surface area contributed by atoms with E-state index in [2.05, 4.69) is 42.5 Å². The van der Waals surface area contributed by atoms with Crippen LogP contribution in [0.2, 0.25) is 0 Å². The number of aliphatic hydroxyl groups is 3. The normalized spacial score (nSPS) is 29.1. The summed E-state index contributed by atoms with van der Waals surface area (Å²) >= 11 is 3.09. The van der Waals surface area contributed by atoms with Gasteiger partial charge in [-0.2, -0.15) is 0 Å². The van der Waals surface area contributed by atoms with Crippen LogP contribution in [0.5, 0.6) is 0 Å². The van der Waals surface area contributed by atoms with Gasteiger partial charge in [-0.15, -0.1) is 0 Å². The molecule has 2 aromatic carbocycles. The first-order valence-electron chi connectivity index (χ1n) is 26.4. The van der Waals surface area contributed by atoms with Gasteiger partial charge in [0.25, 0.3) is 0 Å². The number of methoxy groups -OCH3 is 1. The van der Waals surface area contributed by atoms with Crippen molar-refractivity contribution in [2.75, 3.05) is 50.7 Å². The first-order valence-corrected chi connectivity index (χ1v) is 27.5. The molecule has 8 N–H and O–H groups in total. The van der Waals surface area contributed by atoms with Crippen LogP contribution in [-0.4, -0.2) is 143 Å². The van der Waals surface area contributed by atoms with Crippen LogP contribution in [-0.2, 0) is 65.5 Å². The van der Waals surface area contributed by atoms with Crippen LogP contribution in [0.25, 0.3) is 0 Å². The molecule has 0 spiro atoms. The topological polar surface area (TPSA) is 277 Å². The molecular formula is C56H73BrFN5O14. The van der Waals surface area contributed by atoms with E-state index in [4.69, 9.17) is 18.9 Å². The van der Waals surface area contributed by atoms with Crippen molar-refractivity contribution in [3.05, 3.63) is 88.5 Å². The molecular weight excluding hydrogens is 1070 g/mol. The second-order valence-electron chi connectivity index (χ2n) is 21.4. The number of carbonyl (C=O) groups excluding carboxylic acids is 7. The maximum absolute atomic E-state index is 17.9. The van der Waals surface area contributed by atoms with Gasteiger partial charge in [0.15, 0.2) is 29.1 Å². The number of ketones is 2.